The van der Waals surface area contributed by atoms with Gasteiger partial charge in [0, 0.05) is 12.6 Å². The van der Waals surface area contributed by atoms with Crippen molar-refractivity contribution < 1.29 is 49.7 Å². The van der Waals surface area contributed by atoms with E-state index in [-0.39, 0.29) is 18.5 Å². The van der Waals surface area contributed by atoms with Gasteiger partial charge in [0.15, 0.2) is 11.4 Å². The Labute approximate surface area is 207 Å². The van der Waals surface area contributed by atoms with Crippen LogP contribution in [0.5, 0.6) is 0 Å². The lowest BCUT2D eigenvalue weighted by Crippen LogP contribution is -2.76. The third-order valence-electron chi connectivity index (χ3n) is 11.1. The van der Waals surface area contributed by atoms with E-state index < -0.39 is 87.3 Å². The number of ether oxygens (including phenoxy) is 2. The molecule has 2 saturated heterocycles. The highest BCUT2D eigenvalue weighted by atomic mass is 16.7. The average molecular weight is 508 g/mol. The fourth-order valence-electron chi connectivity index (χ4n) is 9.50. The van der Waals surface area contributed by atoms with Crippen LogP contribution >= 0.6 is 0 Å². The van der Waals surface area contributed by atoms with Gasteiger partial charge in [0.25, 0.3) is 0 Å². The monoisotopic (exact) mass is 507 g/mol. The first-order valence-electron chi connectivity index (χ1n) is 12.4. The number of H-pyrrole nitrogens is 1. The molecule has 2 aliphatic heterocycles. The second kappa shape index (κ2) is 6.33. The van der Waals surface area contributed by atoms with Crippen molar-refractivity contribution >= 4 is 11.9 Å². The van der Waals surface area contributed by atoms with Crippen molar-refractivity contribution in [3.63, 3.8) is 0 Å². The van der Waals surface area contributed by atoms with Gasteiger partial charge in [-0.25, -0.2) is 4.79 Å². The lowest BCUT2D eigenvalue weighted by Gasteiger charge is -2.59. The van der Waals surface area contributed by atoms with E-state index in [9.17, 15) is 40.2 Å². The molecule has 1 aromatic rings. The first-order chi connectivity index (χ1) is 16.6. The maximum absolute atomic E-state index is 13.2. The first kappa shape index (κ1) is 24.3. The highest BCUT2D eigenvalue weighted by molar-refractivity contribution is 5.88. The molecule has 4 aliphatic carbocycles. The zero-order chi connectivity index (χ0) is 26.5. The summed E-state index contributed by atoms with van der Waals surface area (Å²) < 4.78 is 12.0. The third-order valence-corrected chi connectivity index (χ3v) is 11.1. The molecule has 0 unspecified atom stereocenters. The molecular formula is C25H33NO10. The second-order valence-electron chi connectivity index (χ2n) is 12.2. The molecule has 7 rings (SSSR count). The number of aliphatic hydroxyl groups excluding tert-OH is 1. The normalized spacial score (nSPS) is 56.3. The Balaban J connectivity index is 1.69. The number of carboxylic acids is 1. The molecule has 6 fully saturated rings. The van der Waals surface area contributed by atoms with Gasteiger partial charge in [0.05, 0.1) is 17.4 Å². The molecule has 36 heavy (non-hydrogen) atoms. The van der Waals surface area contributed by atoms with Crippen LogP contribution in [0, 0.1) is 28.6 Å². The number of aromatic amines is 1. The van der Waals surface area contributed by atoms with E-state index in [4.69, 9.17) is 9.47 Å². The molecule has 0 radical (unpaired) electrons. The Bertz CT molecular complexity index is 1170. The highest BCUT2D eigenvalue weighted by Crippen LogP contribution is 2.89. The number of carbonyl (C=O) groups excluding carboxylic acids is 1. The van der Waals surface area contributed by atoms with E-state index in [1.807, 2.05) is 0 Å². The second-order valence-corrected chi connectivity index (χ2v) is 12.2. The number of aliphatic hydroxyl groups is 5. The minimum Gasteiger partial charge on any atom is -0.481 e. The molecule has 0 aromatic carbocycles. The van der Waals surface area contributed by atoms with Gasteiger partial charge in [-0.05, 0) is 43.7 Å². The predicted octanol–water partition coefficient (Wildman–Crippen LogP) is -0.238. The number of esters is 1. The fraction of sp³-hybridized carbons (Fsp3) is 0.760. The summed E-state index contributed by atoms with van der Waals surface area (Å²) in [6.45, 7) is 6.28. The number of hydrogen-bond acceptors (Lipinski definition) is 9. The lowest BCUT2D eigenvalue weighted by atomic mass is 9.53. The number of carbonyl (C=O) groups is 2. The van der Waals surface area contributed by atoms with Gasteiger partial charge in [-0.2, -0.15) is 0 Å². The van der Waals surface area contributed by atoms with Gasteiger partial charge in [0.2, 0.25) is 0 Å². The Morgan fingerprint density at radius 1 is 1.22 bits per heavy atom. The summed E-state index contributed by atoms with van der Waals surface area (Å²) >= 11 is 0. The zero-order valence-corrected chi connectivity index (χ0v) is 20.6. The maximum Gasteiger partial charge on any atom is 0.355 e. The largest absolute Gasteiger partial charge is 0.481 e. The van der Waals surface area contributed by atoms with Crippen LogP contribution in [0.15, 0.2) is 18.3 Å². The molecule has 6 bridgehead atoms. The molecule has 7 N–H and O–H groups in total. The van der Waals surface area contributed by atoms with Gasteiger partial charge in [-0.3, -0.25) is 4.79 Å². The van der Waals surface area contributed by atoms with E-state index in [0.29, 0.717) is 0 Å². The number of aliphatic carboxylic acids is 1. The smallest absolute Gasteiger partial charge is 0.355 e. The summed E-state index contributed by atoms with van der Waals surface area (Å²) in [4.78, 5) is 29.1. The van der Waals surface area contributed by atoms with Crippen molar-refractivity contribution in [3.05, 3.63) is 24.0 Å². The Kier molecular flexibility index (Phi) is 4.28. The molecule has 11 nitrogen and oxygen atoms in total. The SMILES string of the molecule is CC(C)[C@@]1(O)[C@@H](OC(=O)c2ccc[nH]2)[C@H]2[C@]3(O)[C@]45O[C@@](O)(C[C@@]2(C(=O)O)[C@@]4(O)CC[C@@H](C)[C@H]5O)[C@@]31C. The van der Waals surface area contributed by atoms with Crippen LogP contribution in [0.25, 0.3) is 0 Å². The number of aromatic nitrogens is 1. The minimum atomic E-state index is -2.48. The Morgan fingerprint density at radius 3 is 2.44 bits per heavy atom. The van der Waals surface area contributed by atoms with Crippen LogP contribution in [0.1, 0.15) is 57.4 Å². The number of carboxylic acid groups (broad SMARTS) is 1. The summed E-state index contributed by atoms with van der Waals surface area (Å²) in [6.07, 6.45) is -2.31. The molecule has 11 atom stereocenters. The topological polar surface area (TPSA) is 190 Å². The number of nitrogens with one attached hydrogen (secondary N) is 1. The summed E-state index contributed by atoms with van der Waals surface area (Å²) in [7, 11) is 0. The molecule has 6 aliphatic rings. The summed E-state index contributed by atoms with van der Waals surface area (Å²) in [5.41, 5.74) is -13.7. The molecule has 0 amide bonds. The van der Waals surface area contributed by atoms with Crippen molar-refractivity contribution in [1.82, 2.24) is 4.98 Å². The number of hydrogen-bond donors (Lipinski definition) is 7. The standard InChI is InChI=1S/C25H33NO10/c1-11(2)23(33)16(35-17(28)13-6-5-9-26-13)14-20(18(29)30)10-22(32)19(23,4)24(14,34)25(36-22)15(27)12(3)7-8-21(20,25)31/h5-6,9,11-12,14-16,26-27,31-34H,7-8,10H2,1-4H3,(H,29,30)/t12-,14-,15-,16+,19-,20-,21+,22+,23-,24-,25-/m1/s1. The lowest BCUT2D eigenvalue weighted by molar-refractivity contribution is -0.383. The van der Waals surface area contributed by atoms with Crippen molar-refractivity contribution in [1.29, 1.82) is 0 Å². The highest BCUT2D eigenvalue weighted by Gasteiger charge is 3.07. The maximum atomic E-state index is 13.2. The summed E-state index contributed by atoms with van der Waals surface area (Å²) in [6, 6.07) is 3.01. The van der Waals surface area contributed by atoms with Crippen LogP contribution in [0.4, 0.5) is 0 Å². The average Bonchev–Trinajstić information content (AvgIpc) is 3.43. The summed E-state index contributed by atoms with van der Waals surface area (Å²) in [5, 5.41) is 71.8. The predicted molar refractivity (Wildman–Crippen MR) is 119 cm³/mol. The molecule has 11 heteroatoms. The molecule has 1 spiro atoms. The minimum absolute atomic E-state index is 0.0412. The number of rotatable bonds is 4. The van der Waals surface area contributed by atoms with Crippen LogP contribution < -0.4 is 0 Å². The summed E-state index contributed by atoms with van der Waals surface area (Å²) in [5.74, 6) is -7.81. The zero-order valence-electron chi connectivity index (χ0n) is 20.6. The van der Waals surface area contributed by atoms with Gasteiger partial charge >= 0.3 is 11.9 Å². The van der Waals surface area contributed by atoms with Crippen LogP contribution in [-0.2, 0) is 14.3 Å². The van der Waals surface area contributed by atoms with Gasteiger partial charge in [-0.1, -0.05) is 20.8 Å². The quantitative estimate of drug-likeness (QED) is 0.268. The third kappa shape index (κ3) is 1.85. The van der Waals surface area contributed by atoms with E-state index in [2.05, 4.69) is 4.98 Å². The van der Waals surface area contributed by atoms with Gasteiger partial charge in [0.1, 0.15) is 34.0 Å². The fourth-order valence-corrected chi connectivity index (χ4v) is 9.50. The Morgan fingerprint density at radius 2 is 1.89 bits per heavy atom. The van der Waals surface area contributed by atoms with E-state index in [1.54, 1.807) is 26.8 Å². The van der Waals surface area contributed by atoms with Crippen molar-refractivity contribution in [3.8, 4) is 0 Å². The Hall–Kier alpha value is -2.02. The van der Waals surface area contributed by atoms with Crippen molar-refractivity contribution in [2.75, 3.05) is 0 Å². The van der Waals surface area contributed by atoms with Crippen LogP contribution in [0.2, 0.25) is 0 Å². The molecule has 1 aromatic heterocycles. The molecular weight excluding hydrogens is 474 g/mol. The van der Waals surface area contributed by atoms with E-state index in [1.165, 1.54) is 19.2 Å². The molecule has 4 saturated carbocycles. The van der Waals surface area contributed by atoms with E-state index >= 15 is 0 Å². The van der Waals surface area contributed by atoms with E-state index in [0.717, 1.165) is 0 Å². The molecule has 3 heterocycles. The van der Waals surface area contributed by atoms with Crippen LogP contribution in [-0.4, -0.2) is 88.0 Å². The van der Waals surface area contributed by atoms with Gasteiger partial charge < -0.3 is 45.1 Å². The van der Waals surface area contributed by atoms with Crippen molar-refractivity contribution in [2.24, 2.45) is 28.6 Å². The van der Waals surface area contributed by atoms with Crippen molar-refractivity contribution in [2.45, 2.75) is 87.4 Å². The first-order valence-corrected chi connectivity index (χ1v) is 12.4. The van der Waals surface area contributed by atoms with Gasteiger partial charge in [-0.15, -0.1) is 0 Å². The van der Waals surface area contributed by atoms with Crippen LogP contribution in [0.3, 0.4) is 0 Å². The molecule has 198 valence electrons.